The molecule has 4 rings (SSSR count). The van der Waals surface area contributed by atoms with Gasteiger partial charge in [-0.1, -0.05) is 56.9 Å². The molecule has 0 spiro atoms. The molecule has 38 heavy (non-hydrogen) atoms. The molecule has 0 radical (unpaired) electrons. The molecule has 0 aromatic heterocycles. The van der Waals surface area contributed by atoms with E-state index < -0.39 is 11.6 Å². The first-order chi connectivity index (χ1) is 18.6. The number of halogens is 2. The molecule has 3 aliphatic carbocycles. The number of hydrogen-bond acceptors (Lipinski definition) is 1. The molecule has 0 bridgehead atoms. The topological polar surface area (TPSA) is 9.23 Å². The van der Waals surface area contributed by atoms with Crippen LogP contribution in [0.15, 0.2) is 36.9 Å². The van der Waals surface area contributed by atoms with E-state index in [2.05, 4.69) is 25.7 Å². The average Bonchev–Trinajstić information content (AvgIpc) is 2.95. The van der Waals surface area contributed by atoms with Crippen LogP contribution in [0.25, 0.3) is 0 Å². The van der Waals surface area contributed by atoms with Gasteiger partial charge < -0.3 is 4.74 Å². The summed E-state index contributed by atoms with van der Waals surface area (Å²) in [5, 5.41) is 0. The van der Waals surface area contributed by atoms with E-state index in [0.717, 1.165) is 55.8 Å². The van der Waals surface area contributed by atoms with Crippen molar-refractivity contribution < 1.29 is 13.5 Å². The van der Waals surface area contributed by atoms with Crippen LogP contribution in [0, 0.1) is 41.2 Å². The van der Waals surface area contributed by atoms with Crippen molar-refractivity contribution in [1.29, 1.82) is 0 Å². The van der Waals surface area contributed by atoms with E-state index in [1.165, 1.54) is 70.6 Å². The van der Waals surface area contributed by atoms with Crippen LogP contribution in [-0.4, -0.2) is 6.61 Å². The van der Waals surface area contributed by atoms with Gasteiger partial charge in [-0.3, -0.25) is 0 Å². The molecule has 0 unspecified atom stereocenters. The van der Waals surface area contributed by atoms with Crippen molar-refractivity contribution in [3.05, 3.63) is 54.1 Å². The number of hydrogen-bond donors (Lipinski definition) is 0. The van der Waals surface area contributed by atoms with Crippen molar-refractivity contribution in [3.63, 3.8) is 0 Å². The first kappa shape index (κ1) is 29.3. The van der Waals surface area contributed by atoms with Crippen molar-refractivity contribution >= 4 is 0 Å². The van der Waals surface area contributed by atoms with Gasteiger partial charge in [0, 0.05) is 0 Å². The quantitative estimate of drug-likeness (QED) is 0.194. The molecule has 1 nitrogen and oxygen atoms in total. The molecule has 0 aliphatic heterocycles. The third kappa shape index (κ3) is 8.18. The molecule has 3 aliphatic rings. The summed E-state index contributed by atoms with van der Waals surface area (Å²) < 4.78 is 34.6. The Hall–Kier alpha value is -1.64. The van der Waals surface area contributed by atoms with E-state index >= 15 is 0 Å². The fraction of sp³-hybridized carbons (Fsp3) is 0.714. The molecule has 0 N–H and O–H groups in total. The first-order valence-electron chi connectivity index (χ1n) is 16.0. The Balaban J connectivity index is 1.12. The molecule has 1 aromatic rings. The Morgan fingerprint density at radius 2 is 1.42 bits per heavy atom. The largest absolute Gasteiger partial charge is 0.490 e. The summed E-state index contributed by atoms with van der Waals surface area (Å²) in [4.78, 5) is 0. The van der Waals surface area contributed by atoms with E-state index in [-0.39, 0.29) is 11.7 Å². The van der Waals surface area contributed by atoms with Crippen molar-refractivity contribution in [1.82, 2.24) is 0 Å². The molecule has 3 saturated carbocycles. The second-order valence-corrected chi connectivity index (χ2v) is 12.7. The molecular formula is C35H52F2O. The highest BCUT2D eigenvalue weighted by atomic mass is 19.2. The van der Waals surface area contributed by atoms with Gasteiger partial charge in [-0.15, -0.1) is 6.58 Å². The lowest BCUT2D eigenvalue weighted by Crippen LogP contribution is -2.25. The number of rotatable bonds is 12. The maximum absolute atomic E-state index is 14.8. The molecule has 0 atom stereocenters. The Morgan fingerprint density at radius 1 is 0.789 bits per heavy atom. The Kier molecular flexibility index (Phi) is 11.8. The summed E-state index contributed by atoms with van der Waals surface area (Å²) in [5.74, 6) is 3.11. The van der Waals surface area contributed by atoms with E-state index in [4.69, 9.17) is 4.74 Å². The van der Waals surface area contributed by atoms with Crippen LogP contribution in [0.4, 0.5) is 8.78 Å². The van der Waals surface area contributed by atoms with Gasteiger partial charge >= 0.3 is 0 Å². The van der Waals surface area contributed by atoms with Crippen molar-refractivity contribution in [2.45, 2.75) is 122 Å². The van der Waals surface area contributed by atoms with Crippen molar-refractivity contribution in [3.8, 4) is 5.75 Å². The molecular weight excluding hydrogens is 474 g/mol. The van der Waals surface area contributed by atoms with Crippen LogP contribution in [-0.2, 0) is 0 Å². The summed E-state index contributed by atoms with van der Waals surface area (Å²) in [7, 11) is 0. The Morgan fingerprint density at radius 3 is 2.08 bits per heavy atom. The fourth-order valence-corrected chi connectivity index (χ4v) is 7.77. The molecule has 0 saturated heterocycles. The van der Waals surface area contributed by atoms with Gasteiger partial charge in [0.05, 0.1) is 6.61 Å². The molecule has 0 amide bonds. The minimum atomic E-state index is -0.841. The highest BCUT2D eigenvalue weighted by Gasteiger charge is 2.30. The second kappa shape index (κ2) is 15.2. The molecule has 212 valence electrons. The minimum Gasteiger partial charge on any atom is -0.490 e. The molecule has 3 fully saturated rings. The molecule has 3 heteroatoms. The zero-order valence-corrected chi connectivity index (χ0v) is 24.0. The zero-order chi connectivity index (χ0) is 26.7. The van der Waals surface area contributed by atoms with Crippen molar-refractivity contribution in [2.24, 2.45) is 29.6 Å². The molecule has 0 heterocycles. The summed E-state index contributed by atoms with van der Waals surface area (Å²) in [6.07, 6.45) is 28.3. The normalized spacial score (nSPS) is 30.4. The summed E-state index contributed by atoms with van der Waals surface area (Å²) >= 11 is 0. The van der Waals surface area contributed by atoms with E-state index in [0.29, 0.717) is 24.5 Å². The van der Waals surface area contributed by atoms with Gasteiger partial charge in [0.1, 0.15) is 0 Å². The van der Waals surface area contributed by atoms with E-state index in [1.54, 1.807) is 18.2 Å². The highest BCUT2D eigenvalue weighted by molar-refractivity contribution is 5.33. The third-order valence-electron chi connectivity index (χ3n) is 10.2. The monoisotopic (exact) mass is 526 g/mol. The summed E-state index contributed by atoms with van der Waals surface area (Å²) in [5.41, 5.74) is 0.529. The van der Waals surface area contributed by atoms with Crippen LogP contribution < -0.4 is 4.74 Å². The van der Waals surface area contributed by atoms with Gasteiger partial charge in [-0.2, -0.15) is 4.39 Å². The maximum atomic E-state index is 14.8. The summed E-state index contributed by atoms with van der Waals surface area (Å²) in [6, 6.07) is 3.33. The predicted octanol–water partition coefficient (Wildman–Crippen LogP) is 10.9. The first-order valence-corrected chi connectivity index (χ1v) is 16.0. The smallest absolute Gasteiger partial charge is 0.200 e. The van der Waals surface area contributed by atoms with E-state index in [9.17, 15) is 8.78 Å². The van der Waals surface area contributed by atoms with Gasteiger partial charge in [-0.05, 0) is 131 Å². The van der Waals surface area contributed by atoms with Crippen LogP contribution in [0.2, 0.25) is 0 Å². The van der Waals surface area contributed by atoms with Gasteiger partial charge in [0.2, 0.25) is 5.82 Å². The van der Waals surface area contributed by atoms with Gasteiger partial charge in [0.25, 0.3) is 0 Å². The average molecular weight is 527 g/mol. The lowest BCUT2D eigenvalue weighted by Gasteiger charge is -2.37. The lowest BCUT2D eigenvalue weighted by atomic mass is 9.68. The highest BCUT2D eigenvalue weighted by Crippen LogP contribution is 2.43. The lowest BCUT2D eigenvalue weighted by molar-refractivity contribution is 0.152. The maximum Gasteiger partial charge on any atom is 0.200 e. The van der Waals surface area contributed by atoms with Crippen LogP contribution in [0.5, 0.6) is 5.75 Å². The zero-order valence-electron chi connectivity index (χ0n) is 24.0. The Labute approximate surface area is 231 Å². The van der Waals surface area contributed by atoms with Crippen LogP contribution in [0.3, 0.4) is 0 Å². The second-order valence-electron chi connectivity index (χ2n) is 12.7. The van der Waals surface area contributed by atoms with Gasteiger partial charge in [-0.25, -0.2) is 4.39 Å². The van der Waals surface area contributed by atoms with Crippen LogP contribution in [0.1, 0.15) is 128 Å². The number of ether oxygens (including phenoxy) is 1. The number of benzene rings is 1. The Bertz CT molecular complexity index is 868. The third-order valence-corrected chi connectivity index (χ3v) is 10.2. The van der Waals surface area contributed by atoms with Crippen molar-refractivity contribution in [2.75, 3.05) is 6.61 Å². The standard InChI is InChI=1S/C35H52F2O/c1-3-5-25-38-33-24-23-32(34(36)35(33)37)31-21-15-28(16-22-31)10-7-6-9-27-13-19-30(20-14-27)29-17-11-26(8-4-2)12-18-29/h3,6,9,23-24,26-31H,1,4-5,7-8,10-22,25H2,2H3/b9-6+. The van der Waals surface area contributed by atoms with Gasteiger partial charge in [0.15, 0.2) is 11.6 Å². The molecule has 1 aromatic carbocycles. The van der Waals surface area contributed by atoms with Crippen LogP contribution >= 0.6 is 0 Å². The minimum absolute atomic E-state index is 0.0107. The fourth-order valence-electron chi connectivity index (χ4n) is 7.77. The van der Waals surface area contributed by atoms with E-state index in [1.807, 2.05) is 0 Å². The predicted molar refractivity (Wildman–Crippen MR) is 156 cm³/mol. The number of allylic oxidation sites excluding steroid dienone is 2. The summed E-state index contributed by atoms with van der Waals surface area (Å²) in [6.45, 7) is 6.28. The SMILES string of the molecule is C=CCCOc1ccc(C2CCC(CC/C=C/C3CCC(C4CCC(CCC)CC4)CC3)CC2)c(F)c1F.